The minimum absolute atomic E-state index is 0. The average Bonchev–Trinajstić information content (AvgIpc) is 3.03. The summed E-state index contributed by atoms with van der Waals surface area (Å²) in [7, 11) is 0. The summed E-state index contributed by atoms with van der Waals surface area (Å²) < 4.78 is 2.01. The number of hydrogen-bond acceptors (Lipinski definition) is 2. The first-order valence-corrected chi connectivity index (χ1v) is 6.13. The molecule has 104 valence electrons. The van der Waals surface area contributed by atoms with E-state index in [-0.39, 0.29) is 24.8 Å². The molecule has 0 bridgehead atoms. The normalized spacial score (nSPS) is 20.3. The fraction of sp³-hybridized carbons (Fsp3) is 0.357. The molecule has 5 heteroatoms. The van der Waals surface area contributed by atoms with Gasteiger partial charge in [-0.1, -0.05) is 30.3 Å². The Balaban J connectivity index is 0.000000902. The monoisotopic (exact) mass is 299 g/mol. The number of rotatable bonds is 4. The molecule has 1 fully saturated rings. The number of hydrogen-bond donors (Lipinski definition) is 1. The number of nitrogens with zero attached hydrogens (tertiary/aromatic N) is 2. The van der Waals surface area contributed by atoms with Crippen LogP contribution in [0.15, 0.2) is 42.7 Å². The highest BCUT2D eigenvalue weighted by Crippen LogP contribution is 2.46. The van der Waals surface area contributed by atoms with Crippen LogP contribution in [0.2, 0.25) is 0 Å². The number of benzene rings is 1. The van der Waals surface area contributed by atoms with Crippen molar-refractivity contribution in [3.8, 4) is 0 Å². The van der Waals surface area contributed by atoms with Crippen LogP contribution in [-0.4, -0.2) is 16.3 Å². The third-order valence-electron chi connectivity index (χ3n) is 3.49. The van der Waals surface area contributed by atoms with Crippen molar-refractivity contribution >= 4 is 24.8 Å². The lowest BCUT2D eigenvalue weighted by atomic mass is 10.2. The predicted molar refractivity (Wildman–Crippen MR) is 82.2 cm³/mol. The average molecular weight is 300 g/mol. The summed E-state index contributed by atoms with van der Waals surface area (Å²) in [6.45, 7) is 1.65. The molecule has 3 nitrogen and oxygen atoms in total. The zero-order valence-electron chi connectivity index (χ0n) is 10.6. The van der Waals surface area contributed by atoms with E-state index in [9.17, 15) is 0 Å². The maximum atomic E-state index is 5.66. The Labute approximate surface area is 126 Å². The van der Waals surface area contributed by atoms with Crippen molar-refractivity contribution in [2.24, 2.45) is 11.7 Å². The van der Waals surface area contributed by atoms with Crippen LogP contribution < -0.4 is 5.73 Å². The molecule has 1 aromatic carbocycles. The summed E-state index contributed by atoms with van der Waals surface area (Å²) >= 11 is 0. The van der Waals surface area contributed by atoms with Gasteiger partial charge in [-0.3, -0.25) is 4.68 Å². The molecule has 1 aliphatic rings. The van der Waals surface area contributed by atoms with Crippen LogP contribution in [0, 0.1) is 5.92 Å². The Morgan fingerprint density at radius 3 is 2.58 bits per heavy atom. The molecular formula is C14H19Cl2N3. The van der Waals surface area contributed by atoms with Crippen molar-refractivity contribution in [3.63, 3.8) is 0 Å². The minimum Gasteiger partial charge on any atom is -0.330 e. The van der Waals surface area contributed by atoms with E-state index in [2.05, 4.69) is 35.6 Å². The van der Waals surface area contributed by atoms with Gasteiger partial charge in [0.15, 0.2) is 0 Å². The topological polar surface area (TPSA) is 43.8 Å². The Morgan fingerprint density at radius 1 is 1.21 bits per heavy atom. The highest BCUT2D eigenvalue weighted by Gasteiger charge is 2.37. The number of halogens is 2. The number of aromatic nitrogens is 2. The van der Waals surface area contributed by atoms with E-state index >= 15 is 0 Å². The highest BCUT2D eigenvalue weighted by atomic mass is 35.5. The smallest absolute Gasteiger partial charge is 0.0659 e. The first kappa shape index (κ1) is 16.0. The molecule has 3 rings (SSSR count). The van der Waals surface area contributed by atoms with Gasteiger partial charge in [0.2, 0.25) is 0 Å². The molecule has 2 atom stereocenters. The quantitative estimate of drug-likeness (QED) is 0.943. The molecule has 2 aromatic rings. The second-order valence-corrected chi connectivity index (χ2v) is 4.79. The van der Waals surface area contributed by atoms with Crippen LogP contribution in [-0.2, 0) is 6.54 Å². The summed E-state index contributed by atoms with van der Waals surface area (Å²) in [5, 5.41) is 4.42. The molecule has 0 amide bonds. The van der Waals surface area contributed by atoms with Gasteiger partial charge in [-0.25, -0.2) is 0 Å². The Bertz CT molecular complexity index is 498. The third kappa shape index (κ3) is 3.72. The van der Waals surface area contributed by atoms with Crippen LogP contribution >= 0.6 is 24.8 Å². The van der Waals surface area contributed by atoms with Gasteiger partial charge in [0.05, 0.1) is 12.7 Å². The fourth-order valence-electron chi connectivity index (χ4n) is 2.34. The van der Waals surface area contributed by atoms with E-state index in [1.165, 1.54) is 17.5 Å². The van der Waals surface area contributed by atoms with Crippen LogP contribution in [0.25, 0.3) is 0 Å². The summed E-state index contributed by atoms with van der Waals surface area (Å²) in [5.41, 5.74) is 8.29. The Kier molecular flexibility index (Phi) is 5.85. The minimum atomic E-state index is 0. The summed E-state index contributed by atoms with van der Waals surface area (Å²) in [6, 6.07) is 10.4. The van der Waals surface area contributed by atoms with Crippen molar-refractivity contribution in [3.05, 3.63) is 53.9 Å². The lowest BCUT2D eigenvalue weighted by molar-refractivity contribution is 0.685. The van der Waals surface area contributed by atoms with E-state index in [1.807, 2.05) is 16.9 Å². The maximum absolute atomic E-state index is 5.66. The van der Waals surface area contributed by atoms with Gasteiger partial charge in [0, 0.05) is 6.20 Å². The summed E-state index contributed by atoms with van der Waals surface area (Å²) in [4.78, 5) is 0. The molecule has 0 aliphatic heterocycles. The first-order chi connectivity index (χ1) is 8.36. The highest BCUT2D eigenvalue weighted by molar-refractivity contribution is 5.85. The largest absolute Gasteiger partial charge is 0.330 e. The SMILES string of the molecule is Cl.Cl.NC[C@@H]1C[C@H]1c1cnn(Cc2ccccc2)c1. The summed E-state index contributed by atoms with van der Waals surface area (Å²) in [5.74, 6) is 1.34. The first-order valence-electron chi connectivity index (χ1n) is 6.13. The van der Waals surface area contributed by atoms with E-state index in [0.717, 1.165) is 13.1 Å². The van der Waals surface area contributed by atoms with Gasteiger partial charge < -0.3 is 5.73 Å². The fourth-order valence-corrected chi connectivity index (χ4v) is 2.34. The van der Waals surface area contributed by atoms with Crippen LogP contribution in [0.3, 0.4) is 0 Å². The van der Waals surface area contributed by atoms with Gasteiger partial charge in [0.1, 0.15) is 0 Å². The Morgan fingerprint density at radius 2 is 1.95 bits per heavy atom. The molecule has 1 heterocycles. The van der Waals surface area contributed by atoms with Crippen molar-refractivity contribution < 1.29 is 0 Å². The lowest BCUT2D eigenvalue weighted by Gasteiger charge is -2.00. The second kappa shape index (κ2) is 6.94. The second-order valence-electron chi connectivity index (χ2n) is 4.79. The molecular weight excluding hydrogens is 281 g/mol. The molecule has 0 radical (unpaired) electrons. The summed E-state index contributed by atoms with van der Waals surface area (Å²) in [6.07, 6.45) is 5.38. The van der Waals surface area contributed by atoms with Crippen molar-refractivity contribution in [1.29, 1.82) is 0 Å². The molecule has 2 N–H and O–H groups in total. The molecule has 0 saturated heterocycles. The zero-order chi connectivity index (χ0) is 11.7. The van der Waals surface area contributed by atoms with Crippen LogP contribution in [0.4, 0.5) is 0 Å². The standard InChI is InChI=1S/C14H17N3.2ClH/c15-7-12-6-14(12)13-8-16-17(10-13)9-11-4-2-1-3-5-11;;/h1-5,8,10,12,14H,6-7,9,15H2;2*1H/t12-,14+;;/m0../s1. The zero-order valence-corrected chi connectivity index (χ0v) is 12.2. The molecule has 0 spiro atoms. The van der Waals surface area contributed by atoms with E-state index in [1.54, 1.807) is 0 Å². The number of nitrogens with two attached hydrogens (primary N) is 1. The van der Waals surface area contributed by atoms with Crippen LogP contribution in [0.5, 0.6) is 0 Å². The molecule has 1 aromatic heterocycles. The molecule has 1 saturated carbocycles. The lowest BCUT2D eigenvalue weighted by Crippen LogP contribution is -2.02. The van der Waals surface area contributed by atoms with Gasteiger partial charge in [-0.15, -0.1) is 24.8 Å². The van der Waals surface area contributed by atoms with Gasteiger partial charge in [-0.05, 0) is 35.9 Å². The van der Waals surface area contributed by atoms with Crippen LogP contribution in [0.1, 0.15) is 23.5 Å². The Hall–Kier alpha value is -1.03. The third-order valence-corrected chi connectivity index (χ3v) is 3.49. The van der Waals surface area contributed by atoms with Gasteiger partial charge in [0.25, 0.3) is 0 Å². The van der Waals surface area contributed by atoms with E-state index in [4.69, 9.17) is 5.73 Å². The predicted octanol–water partition coefficient (Wildman–Crippen LogP) is 2.84. The molecule has 19 heavy (non-hydrogen) atoms. The van der Waals surface area contributed by atoms with Gasteiger partial charge >= 0.3 is 0 Å². The van der Waals surface area contributed by atoms with Gasteiger partial charge in [-0.2, -0.15) is 5.10 Å². The molecule has 1 aliphatic carbocycles. The van der Waals surface area contributed by atoms with Crippen molar-refractivity contribution in [1.82, 2.24) is 9.78 Å². The van der Waals surface area contributed by atoms with E-state index < -0.39 is 0 Å². The van der Waals surface area contributed by atoms with Crippen molar-refractivity contribution in [2.45, 2.75) is 18.9 Å². The molecule has 0 unspecified atom stereocenters. The maximum Gasteiger partial charge on any atom is 0.0659 e. The van der Waals surface area contributed by atoms with Crippen molar-refractivity contribution in [2.75, 3.05) is 6.54 Å². The van der Waals surface area contributed by atoms with E-state index in [0.29, 0.717) is 11.8 Å².